The van der Waals surface area contributed by atoms with Gasteiger partial charge in [0.2, 0.25) is 0 Å². The number of halogens is 3. The van der Waals surface area contributed by atoms with Crippen molar-refractivity contribution in [3.05, 3.63) is 26.6 Å². The molecule has 0 aliphatic rings. The van der Waals surface area contributed by atoms with Gasteiger partial charge in [0.25, 0.3) is 0 Å². The summed E-state index contributed by atoms with van der Waals surface area (Å²) in [6, 6.07) is 3.08. The number of ether oxygens (including phenoxy) is 2. The van der Waals surface area contributed by atoms with Crippen LogP contribution in [0, 0.1) is 0 Å². The molecule has 20 heavy (non-hydrogen) atoms. The molecule has 0 fully saturated rings. The lowest BCUT2D eigenvalue weighted by molar-refractivity contribution is -0.131. The molecule has 1 rings (SSSR count). The molecule has 1 aromatic rings. The summed E-state index contributed by atoms with van der Waals surface area (Å²) in [6.45, 7) is 2.40. The van der Waals surface area contributed by atoms with Crippen LogP contribution in [-0.4, -0.2) is 24.4 Å². The van der Waals surface area contributed by atoms with Crippen molar-refractivity contribution >= 4 is 55.4 Å². The van der Waals surface area contributed by atoms with Gasteiger partial charge in [-0.15, -0.1) is 11.6 Å². The topological polar surface area (TPSA) is 52.6 Å². The molecule has 0 spiro atoms. The van der Waals surface area contributed by atoms with Crippen LogP contribution in [0.1, 0.15) is 30.1 Å². The molecule has 0 amide bonds. The highest BCUT2D eigenvalue weighted by atomic mass is 79.9. The molecule has 7 heteroatoms. The van der Waals surface area contributed by atoms with Crippen LogP contribution in [0.3, 0.4) is 0 Å². The maximum absolute atomic E-state index is 11.8. The first-order valence-electron chi connectivity index (χ1n) is 5.92. The third kappa shape index (κ3) is 5.07. The minimum Gasteiger partial charge on any atom is -0.462 e. The fourth-order valence-corrected chi connectivity index (χ4v) is 2.71. The number of benzene rings is 1. The van der Waals surface area contributed by atoms with E-state index in [1.165, 1.54) is 12.1 Å². The van der Waals surface area contributed by atoms with E-state index >= 15 is 0 Å². The Balaban J connectivity index is 2.87. The summed E-state index contributed by atoms with van der Waals surface area (Å²) in [7, 11) is 0. The first kappa shape index (κ1) is 17.5. The van der Waals surface area contributed by atoms with Gasteiger partial charge in [-0.2, -0.15) is 0 Å². The van der Waals surface area contributed by atoms with E-state index in [2.05, 4.69) is 31.9 Å². The zero-order valence-corrected chi connectivity index (χ0v) is 14.7. The van der Waals surface area contributed by atoms with E-state index in [-0.39, 0.29) is 11.6 Å². The molecule has 0 aliphatic carbocycles. The van der Waals surface area contributed by atoms with E-state index in [0.29, 0.717) is 21.1 Å². The standard InChI is InChI=1S/C13H13Br2ClO4/c1-2-3-4-19-13(18)8-5-9(14)12(10(15)6-8)20-11(17)7-16/h5-6H,2-4,7H2,1H3. The van der Waals surface area contributed by atoms with Crippen molar-refractivity contribution in [2.75, 3.05) is 12.5 Å². The lowest BCUT2D eigenvalue weighted by Gasteiger charge is -2.10. The predicted molar refractivity (Wildman–Crippen MR) is 83.4 cm³/mol. The van der Waals surface area contributed by atoms with Crippen molar-refractivity contribution in [3.63, 3.8) is 0 Å². The number of unbranched alkanes of at least 4 members (excludes halogenated alkanes) is 1. The summed E-state index contributed by atoms with van der Waals surface area (Å²) in [6.07, 6.45) is 1.77. The summed E-state index contributed by atoms with van der Waals surface area (Å²) < 4.78 is 11.1. The van der Waals surface area contributed by atoms with E-state index < -0.39 is 11.9 Å². The second-order valence-electron chi connectivity index (χ2n) is 3.87. The van der Waals surface area contributed by atoms with Crippen LogP contribution in [0.15, 0.2) is 21.1 Å². The molecule has 0 saturated heterocycles. The molecule has 1 aromatic carbocycles. The summed E-state index contributed by atoms with van der Waals surface area (Å²) in [5, 5.41) is 0. The van der Waals surface area contributed by atoms with Crippen LogP contribution in [0.2, 0.25) is 0 Å². The molecule has 0 atom stereocenters. The number of rotatable bonds is 6. The molecular formula is C13H13Br2ClO4. The Hall–Kier alpha value is -0.590. The number of carbonyl (C=O) groups excluding carboxylic acids is 2. The zero-order chi connectivity index (χ0) is 15.1. The van der Waals surface area contributed by atoms with Gasteiger partial charge in [0.05, 0.1) is 21.1 Å². The number of hydrogen-bond acceptors (Lipinski definition) is 4. The SMILES string of the molecule is CCCCOC(=O)c1cc(Br)c(OC(=O)CCl)c(Br)c1. The fourth-order valence-electron chi connectivity index (χ4n) is 1.31. The second kappa shape index (κ2) is 8.64. The Bertz CT molecular complexity index is 482. The Morgan fingerprint density at radius 1 is 1.25 bits per heavy atom. The largest absolute Gasteiger partial charge is 0.462 e. The van der Waals surface area contributed by atoms with Crippen LogP contribution >= 0.6 is 43.5 Å². The Morgan fingerprint density at radius 2 is 1.85 bits per heavy atom. The van der Waals surface area contributed by atoms with Gasteiger partial charge in [-0.25, -0.2) is 4.79 Å². The van der Waals surface area contributed by atoms with Crippen molar-refractivity contribution < 1.29 is 19.1 Å². The second-order valence-corrected chi connectivity index (χ2v) is 5.84. The minimum atomic E-state index is -0.577. The van der Waals surface area contributed by atoms with E-state index in [1.54, 1.807) is 0 Å². The molecule has 0 bridgehead atoms. The van der Waals surface area contributed by atoms with Crippen molar-refractivity contribution in [1.82, 2.24) is 0 Å². The first-order valence-corrected chi connectivity index (χ1v) is 8.04. The van der Waals surface area contributed by atoms with Gasteiger partial charge >= 0.3 is 11.9 Å². The monoisotopic (exact) mass is 426 g/mol. The lowest BCUT2D eigenvalue weighted by atomic mass is 10.2. The molecule has 0 N–H and O–H groups in total. The van der Waals surface area contributed by atoms with Gasteiger partial charge in [-0.05, 0) is 50.4 Å². The maximum atomic E-state index is 11.8. The molecule has 0 heterocycles. The summed E-state index contributed by atoms with van der Waals surface area (Å²) in [5.74, 6) is -0.971. The van der Waals surface area contributed by atoms with Crippen molar-refractivity contribution in [3.8, 4) is 5.75 Å². The Kier molecular flexibility index (Phi) is 7.55. The average Bonchev–Trinajstić information content (AvgIpc) is 2.42. The van der Waals surface area contributed by atoms with Crippen LogP contribution in [0.4, 0.5) is 0 Å². The van der Waals surface area contributed by atoms with E-state index in [4.69, 9.17) is 21.1 Å². The third-order valence-electron chi connectivity index (χ3n) is 2.29. The highest BCUT2D eigenvalue weighted by molar-refractivity contribution is 9.11. The molecule has 0 aliphatic heterocycles. The average molecular weight is 429 g/mol. The van der Waals surface area contributed by atoms with Crippen LogP contribution < -0.4 is 4.74 Å². The minimum absolute atomic E-state index is 0.250. The summed E-state index contributed by atoms with van der Waals surface area (Å²) in [4.78, 5) is 23.0. The molecular weight excluding hydrogens is 415 g/mol. The molecule has 0 unspecified atom stereocenters. The first-order chi connectivity index (χ1) is 9.49. The van der Waals surface area contributed by atoms with Crippen molar-refractivity contribution in [1.29, 1.82) is 0 Å². The maximum Gasteiger partial charge on any atom is 0.338 e. The van der Waals surface area contributed by atoms with Crippen molar-refractivity contribution in [2.24, 2.45) is 0 Å². The van der Waals surface area contributed by atoms with Gasteiger partial charge in [0, 0.05) is 0 Å². The third-order valence-corrected chi connectivity index (χ3v) is 3.69. The van der Waals surface area contributed by atoms with E-state index in [1.807, 2.05) is 6.92 Å². The number of alkyl halides is 1. The Labute approximate surface area is 139 Å². The van der Waals surface area contributed by atoms with Crippen LogP contribution in [0.25, 0.3) is 0 Å². The molecule has 110 valence electrons. The summed E-state index contributed by atoms with van der Waals surface area (Å²) in [5.41, 5.74) is 0.366. The number of hydrogen-bond donors (Lipinski definition) is 0. The van der Waals surface area contributed by atoms with Gasteiger partial charge in [0.15, 0.2) is 5.75 Å². The zero-order valence-electron chi connectivity index (χ0n) is 10.8. The smallest absolute Gasteiger partial charge is 0.338 e. The van der Waals surface area contributed by atoms with Gasteiger partial charge in [-0.3, -0.25) is 4.79 Å². The molecule has 0 aromatic heterocycles. The highest BCUT2D eigenvalue weighted by Crippen LogP contribution is 2.35. The normalized spacial score (nSPS) is 10.2. The lowest BCUT2D eigenvalue weighted by Crippen LogP contribution is -2.11. The van der Waals surface area contributed by atoms with Gasteiger partial charge in [0.1, 0.15) is 5.88 Å². The number of carbonyl (C=O) groups is 2. The highest BCUT2D eigenvalue weighted by Gasteiger charge is 2.16. The van der Waals surface area contributed by atoms with Gasteiger partial charge < -0.3 is 9.47 Å². The van der Waals surface area contributed by atoms with E-state index in [9.17, 15) is 9.59 Å². The van der Waals surface area contributed by atoms with Crippen LogP contribution in [-0.2, 0) is 9.53 Å². The molecule has 0 saturated carbocycles. The van der Waals surface area contributed by atoms with Crippen LogP contribution in [0.5, 0.6) is 5.75 Å². The number of esters is 2. The Morgan fingerprint density at radius 3 is 2.35 bits per heavy atom. The predicted octanol–water partition coefficient (Wildman–Crippen LogP) is 4.31. The summed E-state index contributed by atoms with van der Waals surface area (Å²) >= 11 is 11.9. The fraction of sp³-hybridized carbons (Fsp3) is 0.385. The quantitative estimate of drug-likeness (QED) is 0.293. The molecule has 0 radical (unpaired) electrons. The van der Waals surface area contributed by atoms with Gasteiger partial charge in [-0.1, -0.05) is 13.3 Å². The van der Waals surface area contributed by atoms with Crippen molar-refractivity contribution in [2.45, 2.75) is 19.8 Å². The van der Waals surface area contributed by atoms with E-state index in [0.717, 1.165) is 12.8 Å². The molecule has 4 nitrogen and oxygen atoms in total.